The van der Waals surface area contributed by atoms with Crippen LogP contribution in [0.4, 0.5) is 11.4 Å². The molecule has 34 heavy (non-hydrogen) atoms. The molecule has 1 heterocycles. The van der Waals surface area contributed by atoms with E-state index in [0.717, 1.165) is 5.56 Å². The molecule has 0 amide bonds. The average molecular weight is 493 g/mol. The van der Waals surface area contributed by atoms with Crippen LogP contribution in [0.5, 0.6) is 11.6 Å². The molecule has 4 rings (SSSR count). The molecule has 4 aromatic rings. The SMILES string of the molecule is CCOc1ccc(-n2c(=O)c(N=Nc3ccccc3Cl)c(O)n(-c3ccc(C)cc3)c2=S)cc1. The van der Waals surface area contributed by atoms with Crippen molar-refractivity contribution in [1.29, 1.82) is 0 Å². The molecular formula is C25H21ClN4O3S. The Hall–Kier alpha value is -3.75. The highest BCUT2D eigenvalue weighted by molar-refractivity contribution is 7.71. The standard InChI is InChI=1S/C25H21ClN4O3S/c1-3-33-19-14-12-18(13-15-19)30-24(32)22(28-27-21-7-5-4-6-20(21)26)23(31)29(25(30)34)17-10-8-16(2)9-11-17/h4-15,31H,3H2,1-2H3. The first-order chi connectivity index (χ1) is 16.4. The minimum Gasteiger partial charge on any atom is -0.494 e. The summed E-state index contributed by atoms with van der Waals surface area (Å²) in [5.74, 6) is 0.242. The molecule has 0 aliphatic carbocycles. The van der Waals surface area contributed by atoms with E-state index < -0.39 is 11.4 Å². The third-order valence-corrected chi connectivity index (χ3v) is 5.70. The van der Waals surface area contributed by atoms with Crippen molar-refractivity contribution in [3.8, 4) is 23.0 Å². The molecule has 0 aliphatic rings. The summed E-state index contributed by atoms with van der Waals surface area (Å²) in [4.78, 5) is 13.5. The Labute approximate surface area is 206 Å². The number of ether oxygens (including phenoxy) is 1. The molecule has 172 valence electrons. The number of azo groups is 1. The molecule has 9 heteroatoms. The van der Waals surface area contributed by atoms with Crippen LogP contribution in [0.3, 0.4) is 0 Å². The second kappa shape index (κ2) is 10.0. The fourth-order valence-electron chi connectivity index (χ4n) is 3.32. The van der Waals surface area contributed by atoms with E-state index in [-0.39, 0.29) is 10.5 Å². The lowest BCUT2D eigenvalue weighted by molar-refractivity contribution is 0.340. The Kier molecular flexibility index (Phi) is 6.90. The van der Waals surface area contributed by atoms with Crippen molar-refractivity contribution >= 4 is 35.2 Å². The number of benzene rings is 3. The van der Waals surface area contributed by atoms with Crippen LogP contribution in [-0.2, 0) is 0 Å². The fraction of sp³-hybridized carbons (Fsp3) is 0.120. The predicted octanol–water partition coefficient (Wildman–Crippen LogP) is 6.84. The van der Waals surface area contributed by atoms with Crippen molar-refractivity contribution in [2.75, 3.05) is 6.61 Å². The van der Waals surface area contributed by atoms with Crippen LogP contribution >= 0.6 is 23.8 Å². The van der Waals surface area contributed by atoms with Crippen molar-refractivity contribution in [2.45, 2.75) is 13.8 Å². The Morgan fingerprint density at radius 3 is 2.21 bits per heavy atom. The van der Waals surface area contributed by atoms with Crippen molar-refractivity contribution in [3.63, 3.8) is 0 Å². The van der Waals surface area contributed by atoms with Crippen molar-refractivity contribution < 1.29 is 9.84 Å². The van der Waals surface area contributed by atoms with Crippen LogP contribution in [0.15, 0.2) is 87.8 Å². The highest BCUT2D eigenvalue weighted by atomic mass is 35.5. The number of aromatic hydroxyl groups is 1. The van der Waals surface area contributed by atoms with E-state index in [9.17, 15) is 9.90 Å². The highest BCUT2D eigenvalue weighted by Gasteiger charge is 2.19. The Morgan fingerprint density at radius 1 is 0.941 bits per heavy atom. The molecule has 1 N–H and O–H groups in total. The number of aromatic nitrogens is 2. The maximum Gasteiger partial charge on any atom is 0.290 e. The van der Waals surface area contributed by atoms with E-state index in [1.807, 2.05) is 26.0 Å². The second-order valence-electron chi connectivity index (χ2n) is 7.34. The molecule has 0 saturated heterocycles. The van der Waals surface area contributed by atoms with Crippen molar-refractivity contribution in [1.82, 2.24) is 9.13 Å². The summed E-state index contributed by atoms with van der Waals surface area (Å²) in [5.41, 5.74) is 1.57. The van der Waals surface area contributed by atoms with Crippen LogP contribution in [0, 0.1) is 11.7 Å². The number of rotatable bonds is 6. The Balaban J connectivity index is 1.97. The summed E-state index contributed by atoms with van der Waals surface area (Å²) >= 11 is 11.8. The molecule has 0 radical (unpaired) electrons. The van der Waals surface area contributed by atoms with Gasteiger partial charge in [-0.1, -0.05) is 41.4 Å². The molecule has 0 aliphatic heterocycles. The summed E-state index contributed by atoms with van der Waals surface area (Å²) in [7, 11) is 0. The number of hydrogen-bond donors (Lipinski definition) is 1. The summed E-state index contributed by atoms with van der Waals surface area (Å²) in [6.45, 7) is 4.36. The van der Waals surface area contributed by atoms with E-state index in [1.165, 1.54) is 9.13 Å². The van der Waals surface area contributed by atoms with Gasteiger partial charge in [0.25, 0.3) is 5.56 Å². The van der Waals surface area contributed by atoms with Gasteiger partial charge in [-0.3, -0.25) is 13.9 Å². The lowest BCUT2D eigenvalue weighted by Gasteiger charge is -2.16. The Morgan fingerprint density at radius 2 is 1.56 bits per heavy atom. The Bertz CT molecular complexity index is 1480. The van der Waals surface area contributed by atoms with Gasteiger partial charge in [0.1, 0.15) is 11.4 Å². The van der Waals surface area contributed by atoms with Gasteiger partial charge in [-0.15, -0.1) is 10.2 Å². The monoisotopic (exact) mass is 492 g/mol. The molecule has 0 saturated carbocycles. The van der Waals surface area contributed by atoms with Gasteiger partial charge >= 0.3 is 0 Å². The van der Waals surface area contributed by atoms with Crippen LogP contribution in [-0.4, -0.2) is 20.8 Å². The summed E-state index contributed by atoms with van der Waals surface area (Å²) in [6.07, 6.45) is 0. The molecule has 0 fully saturated rings. The number of nitrogens with zero attached hydrogens (tertiary/aromatic N) is 4. The smallest absolute Gasteiger partial charge is 0.290 e. The largest absolute Gasteiger partial charge is 0.494 e. The van der Waals surface area contributed by atoms with Gasteiger partial charge in [0.15, 0.2) is 4.77 Å². The van der Waals surface area contributed by atoms with Crippen LogP contribution in [0.2, 0.25) is 5.02 Å². The third-order valence-electron chi connectivity index (χ3n) is 5.02. The summed E-state index contributed by atoms with van der Waals surface area (Å²) in [5, 5.41) is 19.6. The fourth-order valence-corrected chi connectivity index (χ4v) is 3.88. The highest BCUT2D eigenvalue weighted by Crippen LogP contribution is 2.31. The maximum absolute atomic E-state index is 13.5. The second-order valence-corrected chi connectivity index (χ2v) is 8.12. The molecule has 3 aromatic carbocycles. The van der Waals surface area contributed by atoms with E-state index in [1.54, 1.807) is 60.7 Å². The van der Waals surface area contributed by atoms with Gasteiger partial charge < -0.3 is 9.84 Å². The zero-order valence-electron chi connectivity index (χ0n) is 18.5. The van der Waals surface area contributed by atoms with E-state index in [0.29, 0.717) is 34.4 Å². The molecule has 1 aromatic heterocycles. The zero-order valence-corrected chi connectivity index (χ0v) is 20.0. The first-order valence-electron chi connectivity index (χ1n) is 10.5. The van der Waals surface area contributed by atoms with Gasteiger partial charge in [-0.05, 0) is 74.6 Å². The summed E-state index contributed by atoms with van der Waals surface area (Å²) in [6, 6.07) is 21.1. The lowest BCUT2D eigenvalue weighted by atomic mass is 10.2. The van der Waals surface area contributed by atoms with Gasteiger partial charge in [-0.2, -0.15) is 0 Å². The molecular weight excluding hydrogens is 472 g/mol. The van der Waals surface area contributed by atoms with Crippen molar-refractivity contribution in [3.05, 3.63) is 98.5 Å². The van der Waals surface area contributed by atoms with E-state index in [4.69, 9.17) is 28.6 Å². The average Bonchev–Trinajstić information content (AvgIpc) is 2.82. The number of halogens is 1. The minimum atomic E-state index is -0.620. The lowest BCUT2D eigenvalue weighted by Crippen LogP contribution is -2.23. The quantitative estimate of drug-likeness (QED) is 0.236. The number of hydrogen-bond acceptors (Lipinski definition) is 6. The molecule has 0 unspecified atom stereocenters. The van der Waals surface area contributed by atoms with Crippen LogP contribution < -0.4 is 10.3 Å². The normalized spacial score (nSPS) is 11.1. The van der Waals surface area contributed by atoms with Gasteiger partial charge in [0.2, 0.25) is 11.6 Å². The van der Waals surface area contributed by atoms with E-state index >= 15 is 0 Å². The first-order valence-corrected chi connectivity index (χ1v) is 11.3. The van der Waals surface area contributed by atoms with Crippen LogP contribution in [0.25, 0.3) is 11.4 Å². The summed E-state index contributed by atoms with van der Waals surface area (Å²) < 4.78 is 8.25. The number of aryl methyl sites for hydroxylation is 1. The molecule has 7 nitrogen and oxygen atoms in total. The zero-order chi connectivity index (χ0) is 24.2. The predicted molar refractivity (Wildman–Crippen MR) is 135 cm³/mol. The third kappa shape index (κ3) is 4.64. The topological polar surface area (TPSA) is 81.1 Å². The van der Waals surface area contributed by atoms with Gasteiger partial charge in [-0.25, -0.2) is 0 Å². The molecule has 0 atom stereocenters. The maximum atomic E-state index is 13.5. The molecule has 0 bridgehead atoms. The van der Waals surface area contributed by atoms with Gasteiger partial charge in [0.05, 0.1) is 23.0 Å². The van der Waals surface area contributed by atoms with Crippen molar-refractivity contribution in [2.24, 2.45) is 10.2 Å². The van der Waals surface area contributed by atoms with E-state index in [2.05, 4.69) is 10.2 Å². The minimum absolute atomic E-state index is 0.0761. The first kappa shape index (κ1) is 23.4. The van der Waals surface area contributed by atoms with Crippen LogP contribution in [0.1, 0.15) is 12.5 Å². The molecule has 0 spiro atoms. The van der Waals surface area contributed by atoms with Gasteiger partial charge in [0, 0.05) is 0 Å².